The fraction of sp³-hybridized carbons (Fsp3) is 0.333. The molecule has 1 aromatic rings. The summed E-state index contributed by atoms with van der Waals surface area (Å²) in [5.41, 5.74) is -0.809. The standard InChI is InChI=1S/C9H8ClF2NO3/c1-15-6-4(7(10)14)3-13-9(16-2)5(6)8(11)12/h3,8H,1-2H3. The van der Waals surface area contributed by atoms with Crippen LogP contribution in [0.5, 0.6) is 11.6 Å². The van der Waals surface area contributed by atoms with Crippen LogP contribution in [0.15, 0.2) is 6.20 Å². The molecule has 0 aliphatic carbocycles. The van der Waals surface area contributed by atoms with E-state index >= 15 is 0 Å². The van der Waals surface area contributed by atoms with Crippen molar-refractivity contribution in [2.45, 2.75) is 6.43 Å². The fourth-order valence-electron chi connectivity index (χ4n) is 1.21. The Balaban J connectivity index is 3.49. The van der Waals surface area contributed by atoms with E-state index in [-0.39, 0.29) is 17.2 Å². The first-order valence-electron chi connectivity index (χ1n) is 4.11. The molecule has 0 aliphatic heterocycles. The molecule has 16 heavy (non-hydrogen) atoms. The lowest BCUT2D eigenvalue weighted by Crippen LogP contribution is -2.05. The minimum atomic E-state index is -2.88. The number of rotatable bonds is 4. The molecule has 0 bridgehead atoms. The number of nitrogens with zero attached hydrogens (tertiary/aromatic N) is 1. The number of carbonyl (C=O) groups is 1. The van der Waals surface area contributed by atoms with Gasteiger partial charge >= 0.3 is 0 Å². The van der Waals surface area contributed by atoms with Gasteiger partial charge in [-0.15, -0.1) is 0 Å². The van der Waals surface area contributed by atoms with Crippen molar-refractivity contribution in [2.24, 2.45) is 0 Å². The number of alkyl halides is 2. The number of methoxy groups -OCH3 is 2. The van der Waals surface area contributed by atoms with E-state index in [1.54, 1.807) is 0 Å². The summed E-state index contributed by atoms with van der Waals surface area (Å²) in [5.74, 6) is -0.615. The average molecular weight is 252 g/mol. The lowest BCUT2D eigenvalue weighted by molar-refractivity contribution is 0.107. The van der Waals surface area contributed by atoms with Gasteiger partial charge in [-0.2, -0.15) is 0 Å². The summed E-state index contributed by atoms with van der Waals surface area (Å²) >= 11 is 5.21. The molecule has 0 amide bonds. The van der Waals surface area contributed by atoms with Crippen LogP contribution in [0, 0.1) is 0 Å². The number of pyridine rings is 1. The zero-order chi connectivity index (χ0) is 12.3. The second-order valence-electron chi connectivity index (χ2n) is 2.70. The maximum Gasteiger partial charge on any atom is 0.272 e. The van der Waals surface area contributed by atoms with Crippen LogP contribution >= 0.6 is 11.6 Å². The molecule has 0 spiro atoms. The molecule has 0 unspecified atom stereocenters. The van der Waals surface area contributed by atoms with Crippen molar-refractivity contribution in [3.05, 3.63) is 17.3 Å². The van der Waals surface area contributed by atoms with Crippen molar-refractivity contribution in [1.29, 1.82) is 0 Å². The highest BCUT2D eigenvalue weighted by molar-refractivity contribution is 6.68. The van der Waals surface area contributed by atoms with Gasteiger partial charge in [0.05, 0.1) is 19.8 Å². The molecule has 1 heterocycles. The number of halogens is 3. The summed E-state index contributed by atoms with van der Waals surface area (Å²) in [4.78, 5) is 14.5. The third-order valence-corrected chi connectivity index (χ3v) is 2.06. The van der Waals surface area contributed by atoms with Gasteiger partial charge < -0.3 is 9.47 Å². The Bertz CT molecular complexity index is 412. The largest absolute Gasteiger partial charge is 0.495 e. The zero-order valence-electron chi connectivity index (χ0n) is 8.46. The normalized spacial score (nSPS) is 10.4. The molecular weight excluding hydrogens is 244 g/mol. The Morgan fingerprint density at radius 3 is 2.44 bits per heavy atom. The second-order valence-corrected chi connectivity index (χ2v) is 3.05. The number of aromatic nitrogens is 1. The van der Waals surface area contributed by atoms with Crippen molar-refractivity contribution < 1.29 is 23.0 Å². The monoisotopic (exact) mass is 251 g/mol. The smallest absolute Gasteiger partial charge is 0.272 e. The molecule has 0 radical (unpaired) electrons. The van der Waals surface area contributed by atoms with Crippen LogP contribution in [0.25, 0.3) is 0 Å². The van der Waals surface area contributed by atoms with Crippen molar-refractivity contribution >= 4 is 16.8 Å². The first-order chi connectivity index (χ1) is 7.52. The fourth-order valence-corrected chi connectivity index (χ4v) is 1.34. The number of hydrogen-bond acceptors (Lipinski definition) is 4. The van der Waals surface area contributed by atoms with Crippen LogP contribution in [-0.2, 0) is 0 Å². The summed E-state index contributed by atoms with van der Waals surface area (Å²) in [6.45, 7) is 0. The second kappa shape index (κ2) is 5.07. The first-order valence-corrected chi connectivity index (χ1v) is 4.49. The number of hydrogen-bond donors (Lipinski definition) is 0. The Morgan fingerprint density at radius 1 is 1.44 bits per heavy atom. The number of ether oxygens (including phenoxy) is 2. The van der Waals surface area contributed by atoms with Gasteiger partial charge in [-0.25, -0.2) is 13.8 Å². The Kier molecular flexibility index (Phi) is 4.00. The lowest BCUT2D eigenvalue weighted by atomic mass is 10.2. The first kappa shape index (κ1) is 12.6. The Morgan fingerprint density at radius 2 is 2.06 bits per heavy atom. The van der Waals surface area contributed by atoms with E-state index in [1.165, 1.54) is 7.11 Å². The van der Waals surface area contributed by atoms with Crippen molar-refractivity contribution in [2.75, 3.05) is 14.2 Å². The number of carbonyl (C=O) groups excluding carboxylic acids is 1. The van der Waals surface area contributed by atoms with Crippen LogP contribution in [0.2, 0.25) is 0 Å². The molecule has 0 aromatic carbocycles. The molecule has 0 fully saturated rings. The van der Waals surface area contributed by atoms with E-state index in [2.05, 4.69) is 9.72 Å². The molecule has 0 N–H and O–H groups in total. The Hall–Kier alpha value is -1.43. The van der Waals surface area contributed by atoms with E-state index < -0.39 is 17.2 Å². The van der Waals surface area contributed by atoms with Crippen molar-refractivity contribution in [3.8, 4) is 11.6 Å². The molecule has 0 saturated heterocycles. The van der Waals surface area contributed by atoms with E-state index in [1.807, 2.05) is 0 Å². The molecule has 1 aromatic heterocycles. The van der Waals surface area contributed by atoms with Crippen LogP contribution in [0.1, 0.15) is 22.3 Å². The van der Waals surface area contributed by atoms with Gasteiger partial charge in [0.1, 0.15) is 11.3 Å². The summed E-state index contributed by atoms with van der Waals surface area (Å²) in [6, 6.07) is 0. The van der Waals surface area contributed by atoms with E-state index in [4.69, 9.17) is 16.3 Å². The topological polar surface area (TPSA) is 48.4 Å². The highest BCUT2D eigenvalue weighted by Gasteiger charge is 2.26. The van der Waals surface area contributed by atoms with Crippen LogP contribution in [0.3, 0.4) is 0 Å². The summed E-state index contributed by atoms with van der Waals surface area (Å²) < 4.78 is 34.9. The molecule has 88 valence electrons. The van der Waals surface area contributed by atoms with Gasteiger partial charge in [0.2, 0.25) is 5.88 Å². The van der Waals surface area contributed by atoms with Gasteiger partial charge in [-0.05, 0) is 11.6 Å². The van der Waals surface area contributed by atoms with Crippen molar-refractivity contribution in [1.82, 2.24) is 4.98 Å². The molecule has 0 saturated carbocycles. The van der Waals surface area contributed by atoms with Crippen LogP contribution < -0.4 is 9.47 Å². The summed E-state index contributed by atoms with van der Waals surface area (Å²) in [5, 5.41) is -0.922. The highest BCUT2D eigenvalue weighted by Crippen LogP contribution is 2.38. The molecule has 4 nitrogen and oxygen atoms in total. The van der Waals surface area contributed by atoms with Gasteiger partial charge in [0.25, 0.3) is 11.7 Å². The maximum atomic E-state index is 12.8. The molecule has 1 rings (SSSR count). The predicted octanol–water partition coefficient (Wildman–Crippen LogP) is 2.42. The van der Waals surface area contributed by atoms with Gasteiger partial charge in [0.15, 0.2) is 0 Å². The third-order valence-electron chi connectivity index (χ3n) is 1.86. The van der Waals surface area contributed by atoms with Gasteiger partial charge in [-0.3, -0.25) is 4.79 Å². The molecule has 7 heteroatoms. The van der Waals surface area contributed by atoms with Crippen LogP contribution in [0.4, 0.5) is 8.78 Å². The van der Waals surface area contributed by atoms with Crippen molar-refractivity contribution in [3.63, 3.8) is 0 Å². The quantitative estimate of drug-likeness (QED) is 0.771. The maximum absolute atomic E-state index is 12.8. The van der Waals surface area contributed by atoms with E-state index in [9.17, 15) is 13.6 Å². The van der Waals surface area contributed by atoms with Gasteiger partial charge in [-0.1, -0.05) is 0 Å². The van der Waals surface area contributed by atoms with E-state index in [0.717, 1.165) is 13.3 Å². The van der Waals surface area contributed by atoms with E-state index in [0.29, 0.717) is 0 Å². The summed E-state index contributed by atoms with van der Waals surface area (Å²) in [7, 11) is 2.35. The molecule has 0 atom stereocenters. The Labute approximate surface area is 95.1 Å². The highest BCUT2D eigenvalue weighted by atomic mass is 35.5. The predicted molar refractivity (Wildman–Crippen MR) is 52.5 cm³/mol. The molecule has 0 aliphatic rings. The third kappa shape index (κ3) is 2.21. The van der Waals surface area contributed by atoms with Gasteiger partial charge in [0, 0.05) is 6.20 Å². The average Bonchev–Trinajstić information content (AvgIpc) is 2.26. The molecular formula is C9H8ClF2NO3. The SMILES string of the molecule is COc1ncc(C(=O)Cl)c(OC)c1C(F)F. The minimum absolute atomic E-state index is 0.222. The summed E-state index contributed by atoms with van der Waals surface area (Å²) in [6.07, 6.45) is -1.85. The lowest BCUT2D eigenvalue weighted by Gasteiger charge is -2.13. The zero-order valence-corrected chi connectivity index (χ0v) is 9.22. The minimum Gasteiger partial charge on any atom is -0.495 e. The van der Waals surface area contributed by atoms with Crippen LogP contribution in [-0.4, -0.2) is 24.4 Å².